The molecule has 1 aliphatic rings. The number of hydrogen-bond acceptors (Lipinski definition) is 3. The van der Waals surface area contributed by atoms with Gasteiger partial charge in [-0.15, -0.1) is 0 Å². The molecule has 0 amide bonds. The van der Waals surface area contributed by atoms with Gasteiger partial charge in [-0.1, -0.05) is 17.3 Å². The van der Waals surface area contributed by atoms with Crippen LogP contribution in [0.5, 0.6) is 0 Å². The summed E-state index contributed by atoms with van der Waals surface area (Å²) in [7, 11) is 1.74. The molecule has 1 unspecified atom stereocenters. The Kier molecular flexibility index (Phi) is 2.50. The number of hydrogen-bond donors (Lipinski definition) is 1. The van der Waals surface area contributed by atoms with Gasteiger partial charge in [-0.25, -0.2) is 0 Å². The number of benzene rings is 1. The molecule has 1 aromatic rings. The average molecular weight is 191 g/mol. The topological polar surface area (TPSA) is 41.8 Å². The summed E-state index contributed by atoms with van der Waals surface area (Å²) in [5, 5.41) is 11.4. The van der Waals surface area contributed by atoms with Crippen LogP contribution in [0.3, 0.4) is 0 Å². The minimum Gasteiger partial charge on any atom is -0.411 e. The molecule has 0 aromatic heterocycles. The van der Waals surface area contributed by atoms with Crippen molar-refractivity contribution < 1.29 is 9.94 Å². The zero-order chi connectivity index (χ0) is 9.97. The Balaban J connectivity index is 2.34. The third-order valence-electron chi connectivity index (χ3n) is 2.68. The number of rotatable bonds is 2. The van der Waals surface area contributed by atoms with E-state index in [-0.39, 0.29) is 6.10 Å². The zero-order valence-electron chi connectivity index (χ0n) is 8.10. The Labute approximate surface area is 83.0 Å². The normalized spacial score (nSPS) is 20.2. The van der Waals surface area contributed by atoms with Gasteiger partial charge in [0.15, 0.2) is 0 Å². The van der Waals surface area contributed by atoms with Crippen LogP contribution >= 0.6 is 0 Å². The van der Waals surface area contributed by atoms with Crippen LogP contribution < -0.4 is 0 Å². The van der Waals surface area contributed by atoms with Gasteiger partial charge in [0.25, 0.3) is 0 Å². The summed E-state index contributed by atoms with van der Waals surface area (Å²) in [5.74, 6) is 0. The Hall–Kier alpha value is -1.35. The van der Waals surface area contributed by atoms with Crippen LogP contribution in [0.15, 0.2) is 23.4 Å². The van der Waals surface area contributed by atoms with Gasteiger partial charge in [0.1, 0.15) is 0 Å². The summed E-state index contributed by atoms with van der Waals surface area (Å²) in [6, 6.07) is 6.04. The second-order valence-corrected chi connectivity index (χ2v) is 3.47. The molecular weight excluding hydrogens is 178 g/mol. The van der Waals surface area contributed by atoms with E-state index < -0.39 is 0 Å². The molecule has 1 aromatic carbocycles. The maximum atomic E-state index is 8.41. The first kappa shape index (κ1) is 9.21. The quantitative estimate of drug-likeness (QED) is 0.442. The highest BCUT2D eigenvalue weighted by Crippen LogP contribution is 2.33. The van der Waals surface area contributed by atoms with Crippen molar-refractivity contribution in [2.75, 3.05) is 7.11 Å². The molecule has 0 saturated heterocycles. The molecule has 0 saturated carbocycles. The first-order valence-corrected chi connectivity index (χ1v) is 4.68. The van der Waals surface area contributed by atoms with Gasteiger partial charge in [0.05, 0.1) is 12.3 Å². The van der Waals surface area contributed by atoms with Crippen LogP contribution in [0.4, 0.5) is 0 Å². The first-order valence-electron chi connectivity index (χ1n) is 4.68. The summed E-state index contributed by atoms with van der Waals surface area (Å²) in [5.41, 5.74) is 3.50. The summed E-state index contributed by atoms with van der Waals surface area (Å²) in [6.07, 6.45) is 3.78. The highest BCUT2D eigenvalue weighted by atomic mass is 16.5. The highest BCUT2D eigenvalue weighted by molar-refractivity contribution is 5.79. The molecule has 0 aliphatic heterocycles. The third-order valence-corrected chi connectivity index (χ3v) is 2.68. The van der Waals surface area contributed by atoms with Crippen molar-refractivity contribution in [1.29, 1.82) is 0 Å². The van der Waals surface area contributed by atoms with Gasteiger partial charge in [0.2, 0.25) is 0 Å². The number of nitrogens with zero attached hydrogens (tertiary/aromatic N) is 1. The lowest BCUT2D eigenvalue weighted by Gasteiger charge is -2.08. The van der Waals surface area contributed by atoms with E-state index in [0.29, 0.717) is 0 Å². The van der Waals surface area contributed by atoms with E-state index in [0.717, 1.165) is 18.4 Å². The van der Waals surface area contributed by atoms with E-state index in [1.807, 2.05) is 18.2 Å². The Morgan fingerprint density at radius 3 is 3.14 bits per heavy atom. The van der Waals surface area contributed by atoms with E-state index in [2.05, 4.69) is 5.16 Å². The van der Waals surface area contributed by atoms with Crippen LogP contribution in [-0.2, 0) is 11.2 Å². The molecule has 14 heavy (non-hydrogen) atoms. The van der Waals surface area contributed by atoms with Gasteiger partial charge in [-0.3, -0.25) is 0 Å². The van der Waals surface area contributed by atoms with E-state index >= 15 is 0 Å². The van der Waals surface area contributed by atoms with Gasteiger partial charge in [0, 0.05) is 7.11 Å². The largest absolute Gasteiger partial charge is 0.411 e. The third kappa shape index (κ3) is 1.51. The predicted molar refractivity (Wildman–Crippen MR) is 53.9 cm³/mol. The fourth-order valence-electron chi connectivity index (χ4n) is 1.99. The standard InChI is InChI=1S/C11H13NO2/c1-14-11-5-3-9-6-8(7-12-13)2-4-10(9)11/h2,4,6-7,11,13H,3,5H2,1H3. The Bertz CT molecular complexity index is 360. The summed E-state index contributed by atoms with van der Waals surface area (Å²) < 4.78 is 5.35. The molecule has 0 fully saturated rings. The van der Waals surface area contributed by atoms with Crippen LogP contribution in [0.25, 0.3) is 0 Å². The fourth-order valence-corrected chi connectivity index (χ4v) is 1.99. The smallest absolute Gasteiger partial charge is 0.0827 e. The second-order valence-electron chi connectivity index (χ2n) is 3.47. The highest BCUT2D eigenvalue weighted by Gasteiger charge is 2.21. The maximum Gasteiger partial charge on any atom is 0.0827 e. The number of aryl methyl sites for hydroxylation is 1. The summed E-state index contributed by atoms with van der Waals surface area (Å²) in [6.45, 7) is 0. The molecule has 0 radical (unpaired) electrons. The molecule has 1 N–H and O–H groups in total. The molecule has 1 aliphatic carbocycles. The Morgan fingerprint density at radius 1 is 1.57 bits per heavy atom. The molecule has 3 nitrogen and oxygen atoms in total. The van der Waals surface area contributed by atoms with Crippen molar-refractivity contribution in [2.45, 2.75) is 18.9 Å². The second kappa shape index (κ2) is 3.80. The SMILES string of the molecule is COC1CCc2cc(C=NO)ccc21. The van der Waals surface area contributed by atoms with Crippen molar-refractivity contribution in [2.24, 2.45) is 5.16 Å². The number of fused-ring (bicyclic) bond motifs is 1. The van der Waals surface area contributed by atoms with Crippen molar-refractivity contribution in [3.63, 3.8) is 0 Å². The number of oxime groups is 1. The Morgan fingerprint density at radius 2 is 2.43 bits per heavy atom. The summed E-state index contributed by atoms with van der Waals surface area (Å²) in [4.78, 5) is 0. The number of methoxy groups -OCH3 is 1. The van der Waals surface area contributed by atoms with E-state index in [1.54, 1.807) is 7.11 Å². The zero-order valence-corrected chi connectivity index (χ0v) is 8.10. The molecule has 1 atom stereocenters. The molecule has 74 valence electrons. The minimum absolute atomic E-state index is 0.241. The lowest BCUT2D eigenvalue weighted by atomic mass is 10.1. The summed E-state index contributed by atoms with van der Waals surface area (Å²) >= 11 is 0. The van der Waals surface area contributed by atoms with Crippen LogP contribution in [0, 0.1) is 0 Å². The van der Waals surface area contributed by atoms with Gasteiger partial charge < -0.3 is 9.94 Å². The van der Waals surface area contributed by atoms with Gasteiger partial charge >= 0.3 is 0 Å². The van der Waals surface area contributed by atoms with Crippen LogP contribution in [0.1, 0.15) is 29.2 Å². The predicted octanol–water partition coefficient (Wildman–Crippen LogP) is 2.13. The molecule has 0 bridgehead atoms. The van der Waals surface area contributed by atoms with Crippen LogP contribution in [-0.4, -0.2) is 18.5 Å². The molecule has 3 heteroatoms. The van der Waals surface area contributed by atoms with Crippen LogP contribution in [0.2, 0.25) is 0 Å². The minimum atomic E-state index is 0.241. The first-order chi connectivity index (χ1) is 6.85. The van der Waals surface area contributed by atoms with Crippen molar-refractivity contribution in [1.82, 2.24) is 0 Å². The van der Waals surface area contributed by atoms with E-state index in [9.17, 15) is 0 Å². The van der Waals surface area contributed by atoms with E-state index in [4.69, 9.17) is 9.94 Å². The van der Waals surface area contributed by atoms with Gasteiger partial charge in [-0.05, 0) is 35.6 Å². The van der Waals surface area contributed by atoms with Crippen molar-refractivity contribution >= 4 is 6.21 Å². The molecule has 2 rings (SSSR count). The number of ether oxygens (including phenoxy) is 1. The maximum absolute atomic E-state index is 8.41. The average Bonchev–Trinajstić information content (AvgIpc) is 2.60. The lowest BCUT2D eigenvalue weighted by Crippen LogP contribution is -1.95. The monoisotopic (exact) mass is 191 g/mol. The van der Waals surface area contributed by atoms with Crippen molar-refractivity contribution in [3.05, 3.63) is 34.9 Å². The molecule has 0 heterocycles. The fraction of sp³-hybridized carbons (Fsp3) is 0.364. The molecule has 0 spiro atoms. The lowest BCUT2D eigenvalue weighted by molar-refractivity contribution is 0.105. The van der Waals surface area contributed by atoms with Gasteiger partial charge in [-0.2, -0.15) is 0 Å². The van der Waals surface area contributed by atoms with E-state index in [1.165, 1.54) is 17.3 Å². The molecular formula is C11H13NO2. The van der Waals surface area contributed by atoms with Crippen molar-refractivity contribution in [3.8, 4) is 0 Å².